The van der Waals surface area contributed by atoms with Crippen molar-refractivity contribution in [2.45, 2.75) is 0 Å². The number of rotatable bonds is 7. The molecule has 0 atom stereocenters. The topological polar surface area (TPSA) is 67.4 Å². The molecule has 0 radical (unpaired) electrons. The van der Waals surface area contributed by atoms with Crippen molar-refractivity contribution in [3.05, 3.63) is 39.0 Å². The van der Waals surface area contributed by atoms with Crippen LogP contribution in [0.15, 0.2) is 28.9 Å². The molecule has 0 aliphatic carbocycles. The summed E-state index contributed by atoms with van der Waals surface area (Å²) in [5.74, 6) is -0.637. The molecule has 114 valence electrons. The van der Waals surface area contributed by atoms with E-state index in [9.17, 15) is 9.59 Å². The Labute approximate surface area is 137 Å². The average Bonchev–Trinajstić information content (AvgIpc) is 2.47. The monoisotopic (exact) mass is 350 g/mol. The third kappa shape index (κ3) is 5.55. The third-order valence-electron chi connectivity index (χ3n) is 2.35. The maximum absolute atomic E-state index is 11.9. The summed E-state index contributed by atoms with van der Waals surface area (Å²) in [6, 6.07) is 4.58. The number of methoxy groups -OCH3 is 1. The van der Waals surface area contributed by atoms with Crippen LogP contribution in [-0.2, 0) is 14.3 Å². The minimum absolute atomic E-state index is 0.0220. The first-order valence-corrected chi connectivity index (χ1v) is 6.97. The van der Waals surface area contributed by atoms with Crippen LogP contribution < -0.4 is 10.6 Å². The zero-order valence-electron chi connectivity index (χ0n) is 11.1. The predicted molar refractivity (Wildman–Crippen MR) is 83.9 cm³/mol. The van der Waals surface area contributed by atoms with Gasteiger partial charge in [-0.3, -0.25) is 9.59 Å². The number of aldehydes is 1. The zero-order valence-corrected chi connectivity index (χ0v) is 13.4. The van der Waals surface area contributed by atoms with Crippen LogP contribution >= 0.6 is 34.8 Å². The number of benzene rings is 1. The highest BCUT2D eigenvalue weighted by Crippen LogP contribution is 2.25. The van der Waals surface area contributed by atoms with Gasteiger partial charge in [-0.25, -0.2) is 0 Å². The molecule has 21 heavy (non-hydrogen) atoms. The van der Waals surface area contributed by atoms with Crippen molar-refractivity contribution in [3.8, 4) is 0 Å². The highest BCUT2D eigenvalue weighted by Gasteiger charge is 2.13. The minimum Gasteiger partial charge on any atom is -0.383 e. The molecule has 1 amide bonds. The minimum atomic E-state index is -0.637. The molecule has 0 aliphatic heterocycles. The van der Waals surface area contributed by atoms with E-state index >= 15 is 0 Å². The van der Waals surface area contributed by atoms with Crippen LogP contribution in [0.4, 0.5) is 5.69 Å². The quantitative estimate of drug-likeness (QED) is 0.450. The van der Waals surface area contributed by atoms with Crippen LogP contribution in [0.2, 0.25) is 10.0 Å². The van der Waals surface area contributed by atoms with Gasteiger partial charge in [0, 0.05) is 19.3 Å². The van der Waals surface area contributed by atoms with Crippen LogP contribution in [0.25, 0.3) is 0 Å². The Balaban J connectivity index is 2.79. The van der Waals surface area contributed by atoms with Gasteiger partial charge in [0.05, 0.1) is 22.3 Å². The first-order valence-electron chi connectivity index (χ1n) is 5.83. The molecule has 0 unspecified atom stereocenters. The van der Waals surface area contributed by atoms with E-state index in [1.54, 1.807) is 6.07 Å². The molecule has 5 nitrogen and oxygen atoms in total. The Morgan fingerprint density at radius 1 is 1.33 bits per heavy atom. The molecule has 1 aromatic carbocycles. The molecule has 0 fully saturated rings. The highest BCUT2D eigenvalue weighted by molar-refractivity contribution is 6.45. The summed E-state index contributed by atoms with van der Waals surface area (Å²) in [5, 5.41) is 5.62. The molecule has 0 aromatic heterocycles. The van der Waals surface area contributed by atoms with Gasteiger partial charge < -0.3 is 15.4 Å². The van der Waals surface area contributed by atoms with Crippen molar-refractivity contribution in [3.63, 3.8) is 0 Å². The van der Waals surface area contributed by atoms with Crippen LogP contribution in [0.3, 0.4) is 0 Å². The smallest absolute Gasteiger partial charge is 0.269 e. The van der Waals surface area contributed by atoms with Gasteiger partial charge in [0.2, 0.25) is 0 Å². The largest absolute Gasteiger partial charge is 0.383 e. The summed E-state index contributed by atoms with van der Waals surface area (Å²) in [7, 11) is 1.52. The van der Waals surface area contributed by atoms with E-state index in [1.165, 1.54) is 19.2 Å². The van der Waals surface area contributed by atoms with Crippen molar-refractivity contribution >= 4 is 52.7 Å². The molecular formula is C13H13Cl3N2O3. The number of carbonyl (C=O) groups is 2. The standard InChI is InChI=1S/C13H13Cl3N2O3/c1-21-5-4-17-11(7-19)12(16)13(20)18-8-2-3-9(14)10(15)6-8/h2-3,6-7,17H,4-5H2,1H3,(H,18,20)/b12-11-. The lowest BCUT2D eigenvalue weighted by atomic mass is 10.3. The molecule has 0 heterocycles. The lowest BCUT2D eigenvalue weighted by Gasteiger charge is -2.09. The van der Waals surface area contributed by atoms with Crippen LogP contribution in [0, 0.1) is 0 Å². The maximum atomic E-state index is 11.9. The molecule has 0 aliphatic rings. The summed E-state index contributed by atoms with van der Waals surface area (Å²) >= 11 is 17.5. The number of hydrogen-bond acceptors (Lipinski definition) is 4. The molecular weight excluding hydrogens is 339 g/mol. The van der Waals surface area contributed by atoms with Gasteiger partial charge in [-0.2, -0.15) is 0 Å². The second-order valence-electron chi connectivity index (χ2n) is 3.85. The summed E-state index contributed by atoms with van der Waals surface area (Å²) in [5.41, 5.74) is 0.390. The Morgan fingerprint density at radius 2 is 2.05 bits per heavy atom. The van der Waals surface area contributed by atoms with Crippen molar-refractivity contribution in [2.24, 2.45) is 0 Å². The lowest BCUT2D eigenvalue weighted by molar-refractivity contribution is -0.113. The molecule has 1 rings (SSSR count). The van der Waals surface area contributed by atoms with Crippen molar-refractivity contribution in [2.75, 3.05) is 25.6 Å². The first-order chi connectivity index (χ1) is 9.99. The number of hydrogen-bond donors (Lipinski definition) is 2. The zero-order chi connectivity index (χ0) is 15.8. The van der Waals surface area contributed by atoms with E-state index in [4.69, 9.17) is 39.5 Å². The van der Waals surface area contributed by atoms with Gasteiger partial charge in [-0.05, 0) is 18.2 Å². The second kappa shape index (κ2) is 8.89. The van der Waals surface area contributed by atoms with Crippen LogP contribution in [-0.4, -0.2) is 32.5 Å². The SMILES string of the molecule is COCCN/C(C=O)=C(\Cl)C(=O)Nc1ccc(Cl)c(Cl)c1. The Bertz CT molecular complexity index is 562. The lowest BCUT2D eigenvalue weighted by Crippen LogP contribution is -2.24. The Kier molecular flexibility index (Phi) is 7.53. The van der Waals surface area contributed by atoms with E-state index in [2.05, 4.69) is 10.6 Å². The highest BCUT2D eigenvalue weighted by atomic mass is 35.5. The Hall–Kier alpha value is -1.27. The van der Waals surface area contributed by atoms with Crippen molar-refractivity contribution in [1.29, 1.82) is 0 Å². The van der Waals surface area contributed by atoms with Gasteiger partial charge in [-0.15, -0.1) is 0 Å². The predicted octanol–water partition coefficient (Wildman–Crippen LogP) is 2.82. The fraction of sp³-hybridized carbons (Fsp3) is 0.231. The van der Waals surface area contributed by atoms with E-state index in [0.29, 0.717) is 35.2 Å². The number of amides is 1. The first kappa shape index (κ1) is 17.8. The Morgan fingerprint density at radius 3 is 2.62 bits per heavy atom. The summed E-state index contributed by atoms with van der Waals surface area (Å²) < 4.78 is 4.83. The maximum Gasteiger partial charge on any atom is 0.269 e. The van der Waals surface area contributed by atoms with Gasteiger partial charge in [0.25, 0.3) is 5.91 Å². The van der Waals surface area contributed by atoms with E-state index in [0.717, 1.165) is 0 Å². The summed E-state index contributed by atoms with van der Waals surface area (Å²) in [6.07, 6.45) is 0.465. The fourth-order valence-corrected chi connectivity index (χ4v) is 1.80. The van der Waals surface area contributed by atoms with Gasteiger partial charge in [0.15, 0.2) is 6.29 Å². The number of nitrogens with one attached hydrogen (secondary N) is 2. The van der Waals surface area contributed by atoms with Crippen LogP contribution in [0.1, 0.15) is 0 Å². The van der Waals surface area contributed by atoms with Crippen molar-refractivity contribution < 1.29 is 14.3 Å². The third-order valence-corrected chi connectivity index (χ3v) is 3.47. The molecule has 0 bridgehead atoms. The fourth-order valence-electron chi connectivity index (χ4n) is 1.34. The summed E-state index contributed by atoms with van der Waals surface area (Å²) in [4.78, 5) is 22.9. The number of carbonyl (C=O) groups excluding carboxylic acids is 2. The average molecular weight is 352 g/mol. The van der Waals surface area contributed by atoms with E-state index < -0.39 is 5.91 Å². The number of allylic oxidation sites excluding steroid dienone is 1. The van der Waals surface area contributed by atoms with Crippen LogP contribution in [0.5, 0.6) is 0 Å². The van der Waals surface area contributed by atoms with E-state index in [1.807, 2.05) is 0 Å². The molecule has 0 spiro atoms. The van der Waals surface area contributed by atoms with E-state index in [-0.39, 0.29) is 10.7 Å². The second-order valence-corrected chi connectivity index (χ2v) is 5.04. The van der Waals surface area contributed by atoms with Gasteiger partial charge in [0.1, 0.15) is 5.03 Å². The summed E-state index contributed by atoms with van der Waals surface area (Å²) in [6.45, 7) is 0.719. The van der Waals surface area contributed by atoms with Crippen molar-refractivity contribution in [1.82, 2.24) is 5.32 Å². The molecule has 0 saturated carbocycles. The van der Waals surface area contributed by atoms with Gasteiger partial charge in [-0.1, -0.05) is 34.8 Å². The molecule has 2 N–H and O–H groups in total. The molecule has 8 heteroatoms. The number of ether oxygens (including phenoxy) is 1. The molecule has 0 saturated heterocycles. The normalized spacial score (nSPS) is 11.6. The molecule has 1 aromatic rings. The number of halogens is 3. The number of anilines is 1. The van der Waals surface area contributed by atoms with Gasteiger partial charge >= 0.3 is 0 Å².